The summed E-state index contributed by atoms with van der Waals surface area (Å²) >= 11 is 0. The Balaban J connectivity index is 1.54. The Kier molecular flexibility index (Phi) is 5.94. The number of primary amides is 1. The van der Waals surface area contributed by atoms with Crippen molar-refractivity contribution in [1.29, 1.82) is 0 Å². The Labute approximate surface area is 149 Å². The third-order valence-electron chi connectivity index (χ3n) is 5.41. The molecule has 7 heteroatoms. The second kappa shape index (κ2) is 8.36. The van der Waals surface area contributed by atoms with Gasteiger partial charge in [-0.2, -0.15) is 0 Å². The first-order valence-corrected chi connectivity index (χ1v) is 9.45. The molecule has 3 amide bonds. The van der Waals surface area contributed by atoms with Crippen LogP contribution in [0.1, 0.15) is 56.7 Å². The first-order valence-electron chi connectivity index (χ1n) is 9.45. The molecule has 2 heterocycles. The van der Waals surface area contributed by atoms with E-state index >= 15 is 0 Å². The number of urea groups is 1. The molecule has 0 unspecified atom stereocenters. The molecule has 3 rings (SSSR count). The Morgan fingerprint density at radius 2 is 2.00 bits per heavy atom. The van der Waals surface area contributed by atoms with Crippen LogP contribution in [0.15, 0.2) is 12.4 Å². The Morgan fingerprint density at radius 3 is 2.76 bits per heavy atom. The summed E-state index contributed by atoms with van der Waals surface area (Å²) in [5.41, 5.74) is 5.31. The maximum Gasteiger partial charge on any atom is 0.317 e. The Morgan fingerprint density at radius 1 is 1.20 bits per heavy atom. The largest absolute Gasteiger partial charge is 0.368 e. The number of carbonyl (C=O) groups is 2. The molecule has 0 bridgehead atoms. The van der Waals surface area contributed by atoms with Crippen molar-refractivity contribution in [2.45, 2.75) is 57.4 Å². The predicted molar refractivity (Wildman–Crippen MR) is 94.9 cm³/mol. The number of nitrogens with one attached hydrogen (secondary N) is 1. The molecule has 1 aliphatic heterocycles. The fourth-order valence-electron chi connectivity index (χ4n) is 4.09. The summed E-state index contributed by atoms with van der Waals surface area (Å²) < 4.78 is 1.80. The van der Waals surface area contributed by atoms with Gasteiger partial charge >= 0.3 is 6.03 Å². The third kappa shape index (κ3) is 4.74. The number of likely N-dealkylation sites (tertiary alicyclic amines) is 1. The second-order valence-corrected chi connectivity index (χ2v) is 7.35. The molecule has 1 atom stereocenters. The van der Waals surface area contributed by atoms with E-state index in [1.807, 2.05) is 4.90 Å². The van der Waals surface area contributed by atoms with Gasteiger partial charge in [-0.3, -0.25) is 4.79 Å². The minimum atomic E-state index is -0.378. The Hall–Kier alpha value is -2.05. The smallest absolute Gasteiger partial charge is 0.317 e. The highest BCUT2D eigenvalue weighted by atomic mass is 16.2. The summed E-state index contributed by atoms with van der Waals surface area (Å²) in [5, 5.41) is 3.12. The quantitative estimate of drug-likeness (QED) is 0.851. The summed E-state index contributed by atoms with van der Waals surface area (Å²) in [6.45, 7) is 2.35. The summed E-state index contributed by atoms with van der Waals surface area (Å²) in [6, 6.07) is 0.0308. The van der Waals surface area contributed by atoms with Crippen molar-refractivity contribution >= 4 is 11.9 Å². The number of carbonyl (C=O) groups excluding carboxylic acids is 2. The van der Waals surface area contributed by atoms with Crippen LogP contribution in [0.2, 0.25) is 0 Å². The van der Waals surface area contributed by atoms with E-state index in [4.69, 9.17) is 5.73 Å². The van der Waals surface area contributed by atoms with Crippen LogP contribution in [0.4, 0.5) is 4.79 Å². The summed E-state index contributed by atoms with van der Waals surface area (Å²) in [7, 11) is 0. The molecule has 0 spiro atoms. The number of nitrogens with two attached hydrogens (primary N) is 1. The highest BCUT2D eigenvalue weighted by molar-refractivity contribution is 5.74. The number of piperidine rings is 1. The van der Waals surface area contributed by atoms with E-state index in [1.165, 1.54) is 32.1 Å². The lowest BCUT2D eigenvalue weighted by Gasteiger charge is -2.33. The predicted octanol–water partition coefficient (Wildman–Crippen LogP) is 1.84. The van der Waals surface area contributed by atoms with Crippen LogP contribution in [0, 0.1) is 5.92 Å². The maximum absolute atomic E-state index is 12.5. The van der Waals surface area contributed by atoms with E-state index in [-0.39, 0.29) is 24.4 Å². The molecule has 1 aromatic rings. The van der Waals surface area contributed by atoms with Crippen molar-refractivity contribution in [3.63, 3.8) is 0 Å². The third-order valence-corrected chi connectivity index (χ3v) is 5.41. The minimum Gasteiger partial charge on any atom is -0.368 e. The van der Waals surface area contributed by atoms with E-state index in [0.717, 1.165) is 31.8 Å². The molecule has 1 aliphatic carbocycles. The van der Waals surface area contributed by atoms with Crippen LogP contribution >= 0.6 is 0 Å². The molecule has 2 fully saturated rings. The van der Waals surface area contributed by atoms with Crippen LogP contribution < -0.4 is 11.1 Å². The molecular formula is C18H29N5O2. The van der Waals surface area contributed by atoms with E-state index < -0.39 is 0 Å². The van der Waals surface area contributed by atoms with Crippen LogP contribution in [-0.2, 0) is 11.3 Å². The van der Waals surface area contributed by atoms with Gasteiger partial charge in [0.15, 0.2) is 0 Å². The number of rotatable bonds is 5. The van der Waals surface area contributed by atoms with Gasteiger partial charge in [0, 0.05) is 37.9 Å². The zero-order valence-electron chi connectivity index (χ0n) is 14.8. The average Bonchev–Trinajstić information content (AvgIpc) is 3.08. The molecule has 0 radical (unpaired) electrons. The van der Waals surface area contributed by atoms with Gasteiger partial charge in [-0.15, -0.1) is 0 Å². The lowest BCUT2D eigenvalue weighted by atomic mass is 9.89. The molecule has 7 nitrogen and oxygen atoms in total. The van der Waals surface area contributed by atoms with E-state index in [2.05, 4.69) is 10.3 Å². The molecule has 1 aromatic heterocycles. The fraction of sp³-hybridized carbons (Fsp3) is 0.722. The van der Waals surface area contributed by atoms with Crippen molar-refractivity contribution in [2.24, 2.45) is 11.7 Å². The molecule has 0 aromatic carbocycles. The number of aromatic nitrogens is 2. The number of hydrogen-bond donors (Lipinski definition) is 2. The molecular weight excluding hydrogens is 318 g/mol. The average molecular weight is 347 g/mol. The lowest BCUT2D eigenvalue weighted by Crippen LogP contribution is -2.46. The zero-order valence-corrected chi connectivity index (χ0v) is 14.8. The zero-order chi connectivity index (χ0) is 17.6. The number of amides is 3. The van der Waals surface area contributed by atoms with Crippen LogP contribution in [0.3, 0.4) is 0 Å². The standard InChI is InChI=1S/C18H29N5O2/c19-16(24)13-22-10-8-20-17(22)15-7-4-9-23(12-15)18(25)21-11-14-5-2-1-3-6-14/h8,10,14-15H,1-7,9,11-13H2,(H2,19,24)(H,21,25)/t15-/m1/s1. The molecule has 1 saturated carbocycles. The Bertz CT molecular complexity index is 594. The van der Waals surface area contributed by atoms with Crippen LogP contribution in [0.25, 0.3) is 0 Å². The van der Waals surface area contributed by atoms with Gasteiger partial charge in [0.05, 0.1) is 0 Å². The van der Waals surface area contributed by atoms with Gasteiger partial charge < -0.3 is 20.5 Å². The van der Waals surface area contributed by atoms with E-state index in [0.29, 0.717) is 12.5 Å². The molecule has 25 heavy (non-hydrogen) atoms. The van der Waals surface area contributed by atoms with E-state index in [9.17, 15) is 9.59 Å². The highest BCUT2D eigenvalue weighted by Crippen LogP contribution is 2.26. The fourth-order valence-corrected chi connectivity index (χ4v) is 4.09. The van der Waals surface area contributed by atoms with Gasteiger partial charge in [-0.05, 0) is 31.6 Å². The van der Waals surface area contributed by atoms with Gasteiger partial charge in [0.25, 0.3) is 0 Å². The SMILES string of the molecule is NC(=O)Cn1ccnc1[C@@H]1CCCN(C(=O)NCC2CCCCC2)C1. The maximum atomic E-state index is 12.5. The first-order chi connectivity index (χ1) is 12.1. The van der Waals surface area contributed by atoms with Crippen molar-refractivity contribution in [2.75, 3.05) is 19.6 Å². The molecule has 138 valence electrons. The van der Waals surface area contributed by atoms with Crippen LogP contribution in [0.5, 0.6) is 0 Å². The highest BCUT2D eigenvalue weighted by Gasteiger charge is 2.28. The number of nitrogens with zero attached hydrogens (tertiary/aromatic N) is 3. The lowest BCUT2D eigenvalue weighted by molar-refractivity contribution is -0.118. The molecule has 3 N–H and O–H groups in total. The van der Waals surface area contributed by atoms with Gasteiger partial charge in [-0.25, -0.2) is 9.78 Å². The second-order valence-electron chi connectivity index (χ2n) is 7.35. The van der Waals surface area contributed by atoms with E-state index in [1.54, 1.807) is 17.0 Å². The normalized spacial score (nSPS) is 21.9. The monoisotopic (exact) mass is 347 g/mol. The van der Waals surface area contributed by atoms with Crippen molar-refractivity contribution in [3.8, 4) is 0 Å². The number of imidazole rings is 1. The van der Waals surface area contributed by atoms with Crippen molar-refractivity contribution in [1.82, 2.24) is 19.8 Å². The van der Waals surface area contributed by atoms with Crippen LogP contribution in [-0.4, -0.2) is 46.0 Å². The minimum absolute atomic E-state index is 0.0308. The van der Waals surface area contributed by atoms with Gasteiger partial charge in [0.2, 0.25) is 5.91 Å². The van der Waals surface area contributed by atoms with Crippen molar-refractivity contribution in [3.05, 3.63) is 18.2 Å². The summed E-state index contributed by atoms with van der Waals surface area (Å²) in [4.78, 5) is 30.0. The topological polar surface area (TPSA) is 93.2 Å². The van der Waals surface area contributed by atoms with Gasteiger partial charge in [-0.1, -0.05) is 19.3 Å². The van der Waals surface area contributed by atoms with Crippen molar-refractivity contribution < 1.29 is 9.59 Å². The molecule has 1 saturated heterocycles. The number of hydrogen-bond acceptors (Lipinski definition) is 3. The first kappa shape index (κ1) is 17.8. The molecule has 2 aliphatic rings. The summed E-state index contributed by atoms with van der Waals surface area (Å²) in [6.07, 6.45) is 11.8. The summed E-state index contributed by atoms with van der Waals surface area (Å²) in [5.74, 6) is 1.26. The van der Waals surface area contributed by atoms with Gasteiger partial charge in [0.1, 0.15) is 12.4 Å².